The molecule has 3 atom stereocenters. The highest BCUT2D eigenvalue weighted by Gasteiger charge is 2.30. The first kappa shape index (κ1) is 14.5. The predicted octanol–water partition coefficient (Wildman–Crippen LogP) is 0.912. The topological polar surface area (TPSA) is 49.6 Å². The van der Waals surface area contributed by atoms with Gasteiger partial charge in [0.05, 0.1) is 6.04 Å². The molecule has 1 aliphatic heterocycles. The van der Waals surface area contributed by atoms with Crippen LogP contribution in [0.5, 0.6) is 0 Å². The first-order chi connectivity index (χ1) is 8.01. The molecular weight excluding hydrogens is 214 g/mol. The minimum atomic E-state index is -0.332. The van der Waals surface area contributed by atoms with E-state index in [1.165, 1.54) is 0 Å². The van der Waals surface area contributed by atoms with Gasteiger partial charge in [-0.15, -0.1) is 0 Å². The average Bonchev–Trinajstić information content (AvgIpc) is 2.36. The number of hydrogen-bond acceptors (Lipinski definition) is 3. The molecule has 0 aromatic rings. The largest absolute Gasteiger partial charge is 0.338 e. The number of hydrogen-bond donors (Lipinski definition) is 1. The summed E-state index contributed by atoms with van der Waals surface area (Å²) in [6.45, 7) is 8.90. The summed E-state index contributed by atoms with van der Waals surface area (Å²) in [7, 11) is 2.13. The second-order valence-electron chi connectivity index (χ2n) is 5.24. The molecule has 100 valence electrons. The molecule has 1 heterocycles. The van der Waals surface area contributed by atoms with Crippen LogP contribution >= 0.6 is 0 Å². The summed E-state index contributed by atoms with van der Waals surface area (Å²) in [5, 5.41) is 0. The van der Waals surface area contributed by atoms with E-state index >= 15 is 0 Å². The smallest absolute Gasteiger partial charge is 0.239 e. The highest BCUT2D eigenvalue weighted by atomic mass is 16.2. The van der Waals surface area contributed by atoms with Gasteiger partial charge >= 0.3 is 0 Å². The molecule has 0 radical (unpaired) electrons. The van der Waals surface area contributed by atoms with E-state index in [1.807, 2.05) is 4.90 Å². The molecule has 2 unspecified atom stereocenters. The number of piperazine rings is 1. The minimum Gasteiger partial charge on any atom is -0.338 e. The number of carbonyl (C=O) groups excluding carboxylic acids is 1. The maximum Gasteiger partial charge on any atom is 0.239 e. The zero-order valence-electron chi connectivity index (χ0n) is 11.6. The van der Waals surface area contributed by atoms with E-state index in [-0.39, 0.29) is 17.9 Å². The summed E-state index contributed by atoms with van der Waals surface area (Å²) >= 11 is 0. The first-order valence-electron chi connectivity index (χ1n) is 6.75. The van der Waals surface area contributed by atoms with Gasteiger partial charge in [-0.3, -0.25) is 9.69 Å². The second kappa shape index (κ2) is 6.36. The van der Waals surface area contributed by atoms with Crippen LogP contribution in [0.25, 0.3) is 0 Å². The Labute approximate surface area is 105 Å². The summed E-state index contributed by atoms with van der Waals surface area (Å²) in [5.41, 5.74) is 6.02. The highest BCUT2D eigenvalue weighted by molar-refractivity contribution is 5.82. The normalized spacial score (nSPS) is 25.7. The Hall–Kier alpha value is -0.610. The van der Waals surface area contributed by atoms with Crippen molar-refractivity contribution in [3.63, 3.8) is 0 Å². The Balaban J connectivity index is 2.58. The number of rotatable bonds is 4. The molecule has 2 N–H and O–H groups in total. The fourth-order valence-corrected chi connectivity index (χ4v) is 2.30. The third-order valence-corrected chi connectivity index (χ3v) is 4.10. The standard InChI is InChI=1S/C13H27N3O/c1-5-10(3)12(14)13(17)16-8-7-15(4)11(6-2)9-16/h10-12H,5-9,14H2,1-4H3/t10?,11?,12-/m0/s1. The van der Waals surface area contributed by atoms with E-state index < -0.39 is 0 Å². The Bertz CT molecular complexity index is 257. The lowest BCUT2D eigenvalue weighted by molar-refractivity contribution is -0.136. The summed E-state index contributed by atoms with van der Waals surface area (Å²) in [6.07, 6.45) is 2.04. The zero-order chi connectivity index (χ0) is 13.0. The van der Waals surface area contributed by atoms with Crippen LogP contribution in [-0.2, 0) is 4.79 Å². The van der Waals surface area contributed by atoms with Crippen LogP contribution in [0.2, 0.25) is 0 Å². The summed E-state index contributed by atoms with van der Waals surface area (Å²) in [5.74, 6) is 0.396. The Kier molecular flexibility index (Phi) is 5.40. The lowest BCUT2D eigenvalue weighted by Crippen LogP contribution is -2.57. The SMILES string of the molecule is CCC(C)[C@H](N)C(=O)N1CCN(C)C(CC)C1. The van der Waals surface area contributed by atoms with Crippen LogP contribution in [0, 0.1) is 5.92 Å². The molecule has 0 saturated carbocycles. The van der Waals surface area contributed by atoms with Crippen LogP contribution in [0.15, 0.2) is 0 Å². The van der Waals surface area contributed by atoms with Crippen molar-refractivity contribution in [2.45, 2.75) is 45.7 Å². The molecule has 4 heteroatoms. The van der Waals surface area contributed by atoms with Crippen molar-refractivity contribution in [3.8, 4) is 0 Å². The summed E-state index contributed by atoms with van der Waals surface area (Å²) in [6, 6.07) is 0.151. The molecule has 0 aromatic carbocycles. The van der Waals surface area contributed by atoms with Gasteiger partial charge in [0.1, 0.15) is 0 Å². The predicted molar refractivity (Wildman–Crippen MR) is 70.7 cm³/mol. The second-order valence-corrected chi connectivity index (χ2v) is 5.24. The van der Waals surface area contributed by atoms with Gasteiger partial charge in [-0.1, -0.05) is 27.2 Å². The van der Waals surface area contributed by atoms with Gasteiger partial charge in [-0.2, -0.15) is 0 Å². The zero-order valence-corrected chi connectivity index (χ0v) is 11.6. The number of carbonyl (C=O) groups is 1. The van der Waals surface area contributed by atoms with Gasteiger partial charge in [-0.25, -0.2) is 0 Å². The number of likely N-dealkylation sites (N-methyl/N-ethyl adjacent to an activating group) is 1. The van der Waals surface area contributed by atoms with E-state index in [4.69, 9.17) is 5.73 Å². The van der Waals surface area contributed by atoms with Crippen molar-refractivity contribution in [2.75, 3.05) is 26.7 Å². The number of nitrogens with zero attached hydrogens (tertiary/aromatic N) is 2. The maximum absolute atomic E-state index is 12.2. The van der Waals surface area contributed by atoms with Gasteiger partial charge < -0.3 is 10.6 Å². The minimum absolute atomic E-state index is 0.130. The molecule has 0 bridgehead atoms. The summed E-state index contributed by atoms with van der Waals surface area (Å²) < 4.78 is 0. The quantitative estimate of drug-likeness (QED) is 0.796. The van der Waals surface area contributed by atoms with Crippen molar-refractivity contribution in [1.29, 1.82) is 0 Å². The van der Waals surface area contributed by atoms with Gasteiger partial charge in [0.2, 0.25) is 5.91 Å². The lowest BCUT2D eigenvalue weighted by Gasteiger charge is -2.40. The molecule has 1 fully saturated rings. The third kappa shape index (κ3) is 3.42. The van der Waals surface area contributed by atoms with Crippen molar-refractivity contribution in [1.82, 2.24) is 9.80 Å². The fraction of sp³-hybridized carbons (Fsp3) is 0.923. The van der Waals surface area contributed by atoms with Gasteiger partial charge in [0.15, 0.2) is 0 Å². The average molecular weight is 241 g/mol. The Morgan fingerprint density at radius 1 is 1.41 bits per heavy atom. The molecule has 0 aromatic heterocycles. The van der Waals surface area contributed by atoms with Crippen LogP contribution in [0.3, 0.4) is 0 Å². The van der Waals surface area contributed by atoms with E-state index in [9.17, 15) is 4.79 Å². The number of amides is 1. The molecule has 1 amide bonds. The Morgan fingerprint density at radius 3 is 2.59 bits per heavy atom. The number of nitrogens with two attached hydrogens (primary N) is 1. The first-order valence-corrected chi connectivity index (χ1v) is 6.75. The van der Waals surface area contributed by atoms with Crippen molar-refractivity contribution >= 4 is 5.91 Å². The van der Waals surface area contributed by atoms with Crippen LogP contribution in [0.1, 0.15) is 33.6 Å². The molecule has 4 nitrogen and oxygen atoms in total. The van der Waals surface area contributed by atoms with Crippen molar-refractivity contribution in [2.24, 2.45) is 11.7 Å². The van der Waals surface area contributed by atoms with Gasteiger partial charge in [0, 0.05) is 25.7 Å². The fourth-order valence-electron chi connectivity index (χ4n) is 2.30. The van der Waals surface area contributed by atoms with Crippen LogP contribution in [-0.4, -0.2) is 54.5 Å². The molecule has 1 rings (SSSR count). The molecule has 0 spiro atoms. The third-order valence-electron chi connectivity index (χ3n) is 4.10. The molecular formula is C13H27N3O. The molecule has 0 aliphatic carbocycles. The lowest BCUT2D eigenvalue weighted by atomic mass is 9.98. The maximum atomic E-state index is 12.2. The monoisotopic (exact) mass is 241 g/mol. The van der Waals surface area contributed by atoms with E-state index in [0.29, 0.717) is 6.04 Å². The Morgan fingerprint density at radius 2 is 2.06 bits per heavy atom. The van der Waals surface area contributed by atoms with Crippen LogP contribution < -0.4 is 5.73 Å². The van der Waals surface area contributed by atoms with E-state index in [0.717, 1.165) is 32.5 Å². The highest BCUT2D eigenvalue weighted by Crippen LogP contribution is 2.14. The van der Waals surface area contributed by atoms with Crippen molar-refractivity contribution in [3.05, 3.63) is 0 Å². The molecule has 1 aliphatic rings. The van der Waals surface area contributed by atoms with Gasteiger partial charge in [0.25, 0.3) is 0 Å². The van der Waals surface area contributed by atoms with Gasteiger partial charge in [-0.05, 0) is 19.4 Å². The van der Waals surface area contributed by atoms with E-state index in [1.54, 1.807) is 0 Å². The van der Waals surface area contributed by atoms with Crippen molar-refractivity contribution < 1.29 is 4.79 Å². The summed E-state index contributed by atoms with van der Waals surface area (Å²) in [4.78, 5) is 16.5. The van der Waals surface area contributed by atoms with Crippen LogP contribution in [0.4, 0.5) is 0 Å². The van der Waals surface area contributed by atoms with E-state index in [2.05, 4.69) is 32.7 Å². The molecule has 17 heavy (non-hydrogen) atoms. The molecule has 1 saturated heterocycles.